The molecule has 1 aliphatic heterocycles. The van der Waals surface area contributed by atoms with E-state index in [1.54, 1.807) is 12.1 Å². The highest BCUT2D eigenvalue weighted by Gasteiger charge is 2.29. The maximum Gasteiger partial charge on any atom is 0.240 e. The minimum absolute atomic E-state index is 0.0830. The normalized spacial score (nSPS) is 24.1. The molecule has 21 heavy (non-hydrogen) atoms. The van der Waals surface area contributed by atoms with Gasteiger partial charge in [0.05, 0.1) is 16.4 Å². The Labute approximate surface area is 125 Å². The zero-order valence-corrected chi connectivity index (χ0v) is 13.3. The number of aryl methyl sites for hydroxylation is 2. The Hall–Kier alpha value is -0.920. The first-order valence-electron chi connectivity index (χ1n) is 7.18. The van der Waals surface area contributed by atoms with Crippen molar-refractivity contribution in [3.05, 3.63) is 29.3 Å². The van der Waals surface area contributed by atoms with Gasteiger partial charge in [0.2, 0.25) is 10.0 Å². The molecule has 1 aliphatic carbocycles. The van der Waals surface area contributed by atoms with Gasteiger partial charge >= 0.3 is 0 Å². The quantitative estimate of drug-likeness (QED) is 0.889. The van der Waals surface area contributed by atoms with E-state index in [0.717, 1.165) is 24.8 Å². The highest BCUT2D eigenvalue weighted by Crippen LogP contribution is 2.25. The Morgan fingerprint density at radius 3 is 2.67 bits per heavy atom. The second-order valence-corrected chi connectivity index (χ2v) is 9.90. The highest BCUT2D eigenvalue weighted by molar-refractivity contribution is 7.91. The van der Waals surface area contributed by atoms with Crippen LogP contribution in [0.15, 0.2) is 23.1 Å². The summed E-state index contributed by atoms with van der Waals surface area (Å²) in [7, 11) is -6.52. The average molecular weight is 329 g/mol. The van der Waals surface area contributed by atoms with Gasteiger partial charge in [-0.3, -0.25) is 0 Å². The molecule has 116 valence electrons. The van der Waals surface area contributed by atoms with Crippen LogP contribution in [-0.2, 0) is 32.7 Å². The first kappa shape index (κ1) is 15.0. The van der Waals surface area contributed by atoms with Gasteiger partial charge in [-0.15, -0.1) is 0 Å². The minimum atomic E-state index is -3.55. The Morgan fingerprint density at radius 1 is 1.19 bits per heavy atom. The van der Waals surface area contributed by atoms with Gasteiger partial charge in [0.1, 0.15) is 0 Å². The largest absolute Gasteiger partial charge is 0.240 e. The van der Waals surface area contributed by atoms with Crippen molar-refractivity contribution < 1.29 is 16.8 Å². The summed E-state index contributed by atoms with van der Waals surface area (Å²) in [6, 6.07) is 5.27. The summed E-state index contributed by atoms with van der Waals surface area (Å²) in [6.45, 7) is 0.193. The van der Waals surface area contributed by atoms with E-state index in [-0.39, 0.29) is 28.9 Å². The van der Waals surface area contributed by atoms with Crippen molar-refractivity contribution in [2.45, 2.75) is 30.6 Å². The van der Waals surface area contributed by atoms with Crippen LogP contribution in [0.1, 0.15) is 24.0 Å². The predicted octanol–water partition coefficient (Wildman–Crippen LogP) is 0.888. The van der Waals surface area contributed by atoms with Gasteiger partial charge < -0.3 is 0 Å². The Balaban J connectivity index is 1.70. The van der Waals surface area contributed by atoms with Gasteiger partial charge in [0.15, 0.2) is 9.84 Å². The predicted molar refractivity (Wildman–Crippen MR) is 80.4 cm³/mol. The maximum absolute atomic E-state index is 12.3. The van der Waals surface area contributed by atoms with Crippen LogP contribution in [0.3, 0.4) is 0 Å². The van der Waals surface area contributed by atoms with Crippen molar-refractivity contribution in [1.82, 2.24) is 4.72 Å². The van der Waals surface area contributed by atoms with Crippen molar-refractivity contribution in [2.24, 2.45) is 5.92 Å². The monoisotopic (exact) mass is 329 g/mol. The van der Waals surface area contributed by atoms with E-state index < -0.39 is 19.9 Å². The molecule has 1 fully saturated rings. The molecule has 0 unspecified atom stereocenters. The summed E-state index contributed by atoms with van der Waals surface area (Å²) in [5.74, 6) is 0.136. The third-order valence-electron chi connectivity index (χ3n) is 4.27. The second kappa shape index (κ2) is 5.37. The highest BCUT2D eigenvalue weighted by atomic mass is 32.2. The molecule has 1 heterocycles. The lowest BCUT2D eigenvalue weighted by atomic mass is 10.1. The van der Waals surface area contributed by atoms with Crippen molar-refractivity contribution in [3.63, 3.8) is 0 Å². The number of fused-ring (bicyclic) bond motifs is 1. The Bertz CT molecular complexity index is 753. The lowest BCUT2D eigenvalue weighted by Gasteiger charge is -2.11. The first-order valence-corrected chi connectivity index (χ1v) is 10.5. The standard InChI is InChI=1S/C14H19NO4S2/c16-20(17)7-6-11(10-20)9-15-21(18,19)14-5-4-12-2-1-3-13(12)8-14/h4-5,8,11,15H,1-3,6-7,9-10H2/t11-/m1/s1. The van der Waals surface area contributed by atoms with Crippen LogP contribution in [0, 0.1) is 5.92 Å². The fourth-order valence-corrected chi connectivity index (χ4v) is 6.09. The first-order chi connectivity index (χ1) is 9.86. The molecule has 1 saturated heterocycles. The smallest absolute Gasteiger partial charge is 0.229 e. The molecular formula is C14H19NO4S2. The Morgan fingerprint density at radius 2 is 1.95 bits per heavy atom. The zero-order valence-electron chi connectivity index (χ0n) is 11.7. The average Bonchev–Trinajstić information content (AvgIpc) is 3.01. The van der Waals surface area contributed by atoms with Crippen molar-refractivity contribution in [3.8, 4) is 0 Å². The van der Waals surface area contributed by atoms with Gasteiger partial charge in [-0.2, -0.15) is 0 Å². The number of sulfonamides is 1. The van der Waals surface area contributed by atoms with Crippen LogP contribution >= 0.6 is 0 Å². The van der Waals surface area contributed by atoms with Crippen molar-refractivity contribution in [2.75, 3.05) is 18.1 Å². The summed E-state index contributed by atoms with van der Waals surface area (Å²) in [4.78, 5) is 0.281. The third kappa shape index (κ3) is 3.30. The molecule has 7 heteroatoms. The van der Waals surface area contributed by atoms with E-state index >= 15 is 0 Å². The molecule has 1 N–H and O–H groups in total. The number of hydrogen-bond donors (Lipinski definition) is 1. The second-order valence-electron chi connectivity index (χ2n) is 5.91. The maximum atomic E-state index is 12.3. The molecule has 1 aromatic carbocycles. The number of sulfone groups is 1. The molecule has 0 saturated carbocycles. The summed E-state index contributed by atoms with van der Waals surface area (Å²) in [5.41, 5.74) is 2.34. The van der Waals surface area contributed by atoms with Gasteiger partial charge in [-0.1, -0.05) is 6.07 Å². The fourth-order valence-electron chi connectivity index (χ4n) is 3.06. The number of rotatable bonds is 4. The van der Waals surface area contributed by atoms with Crippen LogP contribution in [-0.4, -0.2) is 34.9 Å². The number of benzene rings is 1. The van der Waals surface area contributed by atoms with Gasteiger partial charge in [-0.05, 0) is 54.9 Å². The van der Waals surface area contributed by atoms with Crippen LogP contribution in [0.25, 0.3) is 0 Å². The molecule has 0 spiro atoms. The van der Waals surface area contributed by atoms with Crippen LogP contribution < -0.4 is 4.72 Å². The topological polar surface area (TPSA) is 80.3 Å². The SMILES string of the molecule is O=S1(=O)CC[C@H](CNS(=O)(=O)c2ccc3c(c2)CCC3)C1. The molecule has 0 aromatic heterocycles. The van der Waals surface area contributed by atoms with Gasteiger partial charge in [-0.25, -0.2) is 21.6 Å². The van der Waals surface area contributed by atoms with E-state index in [4.69, 9.17) is 0 Å². The summed E-state index contributed by atoms with van der Waals surface area (Å²) >= 11 is 0. The van der Waals surface area contributed by atoms with Crippen LogP contribution in [0.5, 0.6) is 0 Å². The lowest BCUT2D eigenvalue weighted by molar-refractivity contribution is 0.543. The molecule has 1 aromatic rings. The Kier molecular flexibility index (Phi) is 3.83. The summed E-state index contributed by atoms with van der Waals surface area (Å²) in [5, 5.41) is 0. The zero-order chi connectivity index (χ0) is 15.1. The summed E-state index contributed by atoms with van der Waals surface area (Å²) in [6.07, 6.45) is 3.56. The summed E-state index contributed by atoms with van der Waals surface area (Å²) < 4.78 is 49.9. The van der Waals surface area contributed by atoms with E-state index in [2.05, 4.69) is 4.72 Å². The van der Waals surface area contributed by atoms with E-state index in [1.807, 2.05) is 6.07 Å². The van der Waals surface area contributed by atoms with Crippen molar-refractivity contribution >= 4 is 19.9 Å². The third-order valence-corrected chi connectivity index (χ3v) is 7.53. The van der Waals surface area contributed by atoms with Crippen LogP contribution in [0.2, 0.25) is 0 Å². The molecule has 2 aliphatic rings. The molecule has 0 amide bonds. The van der Waals surface area contributed by atoms with Gasteiger partial charge in [0.25, 0.3) is 0 Å². The van der Waals surface area contributed by atoms with Gasteiger partial charge in [0, 0.05) is 6.54 Å². The van der Waals surface area contributed by atoms with E-state index in [0.29, 0.717) is 6.42 Å². The molecule has 5 nitrogen and oxygen atoms in total. The fraction of sp³-hybridized carbons (Fsp3) is 0.571. The van der Waals surface area contributed by atoms with E-state index in [1.165, 1.54) is 5.56 Å². The molecule has 1 atom stereocenters. The number of nitrogens with one attached hydrogen (secondary N) is 1. The van der Waals surface area contributed by atoms with Crippen LogP contribution in [0.4, 0.5) is 0 Å². The molecular weight excluding hydrogens is 310 g/mol. The minimum Gasteiger partial charge on any atom is -0.229 e. The lowest BCUT2D eigenvalue weighted by Crippen LogP contribution is -2.30. The van der Waals surface area contributed by atoms with E-state index in [9.17, 15) is 16.8 Å². The number of hydrogen-bond acceptors (Lipinski definition) is 4. The molecule has 0 bridgehead atoms. The van der Waals surface area contributed by atoms with Crippen molar-refractivity contribution in [1.29, 1.82) is 0 Å². The molecule has 0 radical (unpaired) electrons. The molecule has 3 rings (SSSR count).